The molecular formula is C15H19ClN2O2S3. The van der Waals surface area contributed by atoms with Crippen molar-refractivity contribution in [3.05, 3.63) is 29.3 Å². The first-order chi connectivity index (χ1) is 11.1. The van der Waals surface area contributed by atoms with Gasteiger partial charge in [0.2, 0.25) is 0 Å². The van der Waals surface area contributed by atoms with Gasteiger partial charge in [0, 0.05) is 41.1 Å². The third-order valence-corrected chi connectivity index (χ3v) is 6.11. The highest BCUT2D eigenvalue weighted by molar-refractivity contribution is 8.00. The molecule has 1 atom stereocenters. The molecule has 1 aromatic carbocycles. The topological polar surface area (TPSA) is 41.6 Å². The van der Waals surface area contributed by atoms with E-state index in [1.807, 2.05) is 29.2 Å². The maximum Gasteiger partial charge on any atom is 0.320 e. The molecule has 8 heteroatoms. The van der Waals surface area contributed by atoms with E-state index in [0.29, 0.717) is 11.7 Å². The second kappa shape index (κ2) is 9.61. The number of thiocarbonyl (C=S) groups is 1. The van der Waals surface area contributed by atoms with Crippen molar-refractivity contribution < 1.29 is 9.53 Å². The fourth-order valence-corrected chi connectivity index (χ4v) is 4.37. The predicted octanol–water partition coefficient (Wildman–Crippen LogP) is 2.90. The van der Waals surface area contributed by atoms with Gasteiger partial charge in [-0.3, -0.25) is 4.79 Å². The van der Waals surface area contributed by atoms with Crippen LogP contribution in [0.4, 0.5) is 0 Å². The minimum Gasteiger partial charge on any atom is -0.468 e. The van der Waals surface area contributed by atoms with Crippen LogP contribution in [0.15, 0.2) is 29.2 Å². The summed E-state index contributed by atoms with van der Waals surface area (Å²) >= 11 is 14.7. The minimum absolute atomic E-state index is 0.156. The zero-order chi connectivity index (χ0) is 16.7. The van der Waals surface area contributed by atoms with Crippen LogP contribution in [0.2, 0.25) is 5.02 Å². The van der Waals surface area contributed by atoms with Gasteiger partial charge in [-0.15, -0.1) is 23.5 Å². The van der Waals surface area contributed by atoms with Gasteiger partial charge in [-0.05, 0) is 36.5 Å². The van der Waals surface area contributed by atoms with Crippen LogP contribution in [0, 0.1) is 0 Å². The molecule has 0 radical (unpaired) electrons. The van der Waals surface area contributed by atoms with E-state index in [1.165, 1.54) is 12.0 Å². The van der Waals surface area contributed by atoms with E-state index < -0.39 is 0 Å². The summed E-state index contributed by atoms with van der Waals surface area (Å²) in [6, 6.07) is 7.79. The second-order valence-electron chi connectivity index (χ2n) is 4.86. The number of nitrogens with one attached hydrogen (secondary N) is 1. The van der Waals surface area contributed by atoms with Crippen LogP contribution in [0.1, 0.15) is 0 Å². The Balaban J connectivity index is 1.70. The average molecular weight is 391 g/mol. The fraction of sp³-hybridized carbons (Fsp3) is 0.467. The Morgan fingerprint density at radius 3 is 2.96 bits per heavy atom. The summed E-state index contributed by atoms with van der Waals surface area (Å²) in [7, 11) is 1.42. The van der Waals surface area contributed by atoms with E-state index in [-0.39, 0.29) is 11.2 Å². The highest BCUT2D eigenvalue weighted by Gasteiger charge is 2.28. The van der Waals surface area contributed by atoms with Crippen molar-refractivity contribution in [2.45, 2.75) is 10.1 Å². The van der Waals surface area contributed by atoms with Crippen molar-refractivity contribution in [1.82, 2.24) is 10.2 Å². The monoisotopic (exact) mass is 390 g/mol. The van der Waals surface area contributed by atoms with Crippen molar-refractivity contribution in [1.29, 1.82) is 0 Å². The van der Waals surface area contributed by atoms with Crippen molar-refractivity contribution in [2.24, 2.45) is 0 Å². The van der Waals surface area contributed by atoms with Crippen LogP contribution in [-0.2, 0) is 9.53 Å². The van der Waals surface area contributed by atoms with Crippen LogP contribution in [0.25, 0.3) is 0 Å². The molecule has 0 aromatic heterocycles. The number of benzene rings is 1. The standard InChI is InChI=1S/C15H19ClN2O2S3/c1-20-14(19)13-10-18(7-9-23-13)15(21)17-6-8-22-12-4-2-11(16)3-5-12/h2-5,13H,6-10H2,1H3,(H,17,21)/t13-/m0/s1. The first-order valence-electron chi connectivity index (χ1n) is 7.20. The summed E-state index contributed by atoms with van der Waals surface area (Å²) in [6.07, 6.45) is 0. The quantitative estimate of drug-likeness (QED) is 0.359. The molecule has 1 N–H and O–H groups in total. The molecule has 2 rings (SSSR count). The molecule has 0 aliphatic carbocycles. The van der Waals surface area contributed by atoms with Gasteiger partial charge in [0.25, 0.3) is 0 Å². The van der Waals surface area contributed by atoms with Crippen LogP contribution in [-0.4, -0.2) is 59.5 Å². The number of thioether (sulfide) groups is 2. The van der Waals surface area contributed by atoms with Crippen molar-refractivity contribution in [3.63, 3.8) is 0 Å². The molecule has 1 aliphatic heterocycles. The Morgan fingerprint density at radius 2 is 2.26 bits per heavy atom. The minimum atomic E-state index is -0.180. The number of esters is 1. The number of rotatable bonds is 5. The van der Waals surface area contributed by atoms with Gasteiger partial charge in [0.05, 0.1) is 7.11 Å². The number of carbonyl (C=O) groups is 1. The molecule has 1 saturated heterocycles. The largest absolute Gasteiger partial charge is 0.468 e. The molecule has 1 aromatic rings. The van der Waals surface area contributed by atoms with Crippen molar-refractivity contribution >= 4 is 58.4 Å². The maximum absolute atomic E-state index is 11.6. The molecule has 0 amide bonds. The number of hydrogen-bond acceptors (Lipinski definition) is 5. The summed E-state index contributed by atoms with van der Waals surface area (Å²) in [5, 5.41) is 4.56. The number of hydrogen-bond donors (Lipinski definition) is 1. The molecule has 1 heterocycles. The van der Waals surface area contributed by atoms with Crippen LogP contribution < -0.4 is 5.32 Å². The van der Waals surface area contributed by atoms with Gasteiger partial charge in [-0.25, -0.2) is 0 Å². The molecule has 1 aliphatic rings. The first-order valence-corrected chi connectivity index (χ1v) is 10.0. The van der Waals surface area contributed by atoms with Crippen molar-refractivity contribution in [2.75, 3.05) is 38.2 Å². The van der Waals surface area contributed by atoms with Gasteiger partial charge in [0.15, 0.2) is 5.11 Å². The van der Waals surface area contributed by atoms with E-state index in [0.717, 1.165) is 29.6 Å². The van der Waals surface area contributed by atoms with Gasteiger partial charge >= 0.3 is 5.97 Å². The SMILES string of the molecule is COC(=O)[C@@H]1CN(C(=S)NCCSc2ccc(Cl)cc2)CCS1. The van der Waals surface area contributed by atoms with Crippen LogP contribution in [0.3, 0.4) is 0 Å². The first kappa shape index (κ1) is 18.7. The highest BCUT2D eigenvalue weighted by atomic mass is 35.5. The number of nitrogens with zero attached hydrogens (tertiary/aromatic N) is 1. The molecule has 1 fully saturated rings. The predicted molar refractivity (Wildman–Crippen MR) is 103 cm³/mol. The number of methoxy groups -OCH3 is 1. The van der Waals surface area contributed by atoms with Gasteiger partial charge in [-0.1, -0.05) is 11.6 Å². The van der Waals surface area contributed by atoms with E-state index in [9.17, 15) is 4.79 Å². The van der Waals surface area contributed by atoms with Gasteiger partial charge < -0.3 is 15.0 Å². The number of carbonyl (C=O) groups excluding carboxylic acids is 1. The average Bonchev–Trinajstić information content (AvgIpc) is 2.59. The number of ether oxygens (including phenoxy) is 1. The summed E-state index contributed by atoms with van der Waals surface area (Å²) in [4.78, 5) is 14.9. The van der Waals surface area contributed by atoms with Gasteiger partial charge in [0.1, 0.15) is 5.25 Å². The summed E-state index contributed by atoms with van der Waals surface area (Å²) in [6.45, 7) is 2.24. The molecule has 0 saturated carbocycles. The molecule has 0 bridgehead atoms. The van der Waals surface area contributed by atoms with Crippen LogP contribution >= 0.6 is 47.3 Å². The maximum atomic E-state index is 11.6. The lowest BCUT2D eigenvalue weighted by Gasteiger charge is -2.33. The molecular weight excluding hydrogens is 372 g/mol. The third-order valence-electron chi connectivity index (χ3n) is 3.28. The van der Waals surface area contributed by atoms with E-state index in [4.69, 9.17) is 28.6 Å². The Bertz CT molecular complexity index is 542. The third kappa shape index (κ3) is 6.06. The Labute approximate surface area is 155 Å². The smallest absolute Gasteiger partial charge is 0.320 e. The fourth-order valence-electron chi connectivity index (χ4n) is 2.08. The zero-order valence-corrected chi connectivity index (χ0v) is 16.0. The number of halogens is 1. The van der Waals surface area contributed by atoms with Crippen LogP contribution in [0.5, 0.6) is 0 Å². The lowest BCUT2D eigenvalue weighted by molar-refractivity contribution is -0.140. The van der Waals surface area contributed by atoms with E-state index in [2.05, 4.69) is 5.32 Å². The summed E-state index contributed by atoms with van der Waals surface area (Å²) < 4.78 is 4.81. The lowest BCUT2D eigenvalue weighted by Crippen LogP contribution is -2.49. The molecule has 23 heavy (non-hydrogen) atoms. The zero-order valence-electron chi connectivity index (χ0n) is 12.8. The second-order valence-corrected chi connectivity index (χ2v) is 8.16. The molecule has 126 valence electrons. The molecule has 0 spiro atoms. The summed E-state index contributed by atoms with van der Waals surface area (Å²) in [5.41, 5.74) is 0. The normalized spacial score (nSPS) is 17.7. The Hall–Kier alpha value is -0.630. The summed E-state index contributed by atoms with van der Waals surface area (Å²) in [5.74, 6) is 1.60. The lowest BCUT2D eigenvalue weighted by atomic mass is 10.3. The Morgan fingerprint density at radius 1 is 1.52 bits per heavy atom. The van der Waals surface area contributed by atoms with Crippen molar-refractivity contribution in [3.8, 4) is 0 Å². The van der Waals surface area contributed by atoms with Gasteiger partial charge in [-0.2, -0.15) is 0 Å². The van der Waals surface area contributed by atoms with E-state index >= 15 is 0 Å². The molecule has 4 nitrogen and oxygen atoms in total. The Kier molecular flexibility index (Phi) is 7.82. The molecule has 0 unspecified atom stereocenters. The highest BCUT2D eigenvalue weighted by Crippen LogP contribution is 2.21. The van der Waals surface area contributed by atoms with E-state index in [1.54, 1.807) is 23.5 Å².